The monoisotopic (exact) mass is 453 g/mol. The minimum Gasteiger partial charge on any atom is -0.467 e. The van der Waals surface area contributed by atoms with Crippen LogP contribution in [0.5, 0.6) is 0 Å². The number of halogens is 3. The summed E-state index contributed by atoms with van der Waals surface area (Å²) in [6.45, 7) is 2.20. The first-order valence-corrected chi connectivity index (χ1v) is 11.6. The van der Waals surface area contributed by atoms with Crippen molar-refractivity contribution < 1.29 is 32.6 Å². The molecule has 0 aliphatic rings. The number of aliphatic hydroxyl groups excluding tert-OH is 1. The Morgan fingerprint density at radius 2 is 1.63 bits per heavy atom. The van der Waals surface area contributed by atoms with Gasteiger partial charge in [-0.05, 0) is 12.8 Å². The van der Waals surface area contributed by atoms with Gasteiger partial charge < -0.3 is 15.2 Å². The van der Waals surface area contributed by atoms with Crippen molar-refractivity contribution in [3.63, 3.8) is 0 Å². The standard InChI is InChI=1S/C21H34F3NO4S/c1-3-4-5-6-7-8-9-10-11-13-17(26)14-12-15-30-16-18(19(27)29-2)25-20(28)21(22,23)24/h17-18,26H,3-11,13,15-16H2,1-2H3,(H,25,28). The first-order chi connectivity index (χ1) is 14.2. The Bertz CT molecular complexity index is 547. The average Bonchev–Trinajstić information content (AvgIpc) is 2.69. The summed E-state index contributed by atoms with van der Waals surface area (Å²) in [6, 6.07) is -1.41. The minimum absolute atomic E-state index is 0.114. The van der Waals surface area contributed by atoms with E-state index in [-0.39, 0.29) is 11.5 Å². The van der Waals surface area contributed by atoms with Gasteiger partial charge in [0.2, 0.25) is 0 Å². The van der Waals surface area contributed by atoms with Gasteiger partial charge in [0.25, 0.3) is 0 Å². The number of rotatable bonds is 15. The fraction of sp³-hybridized carbons (Fsp3) is 0.810. The summed E-state index contributed by atoms with van der Waals surface area (Å²) >= 11 is 1.07. The molecule has 0 radical (unpaired) electrons. The molecule has 0 aromatic rings. The predicted octanol–water partition coefficient (Wildman–Crippen LogP) is 4.22. The molecule has 1 amide bonds. The molecule has 0 aromatic carbocycles. The van der Waals surface area contributed by atoms with Crippen LogP contribution in [0.4, 0.5) is 13.2 Å². The van der Waals surface area contributed by atoms with Crippen LogP contribution in [0.15, 0.2) is 0 Å². The van der Waals surface area contributed by atoms with Crippen LogP contribution in [0.25, 0.3) is 0 Å². The summed E-state index contributed by atoms with van der Waals surface area (Å²) in [5.74, 6) is 2.37. The molecule has 9 heteroatoms. The van der Waals surface area contributed by atoms with Gasteiger partial charge in [-0.1, -0.05) is 70.1 Å². The van der Waals surface area contributed by atoms with Crippen LogP contribution in [-0.4, -0.2) is 53.9 Å². The van der Waals surface area contributed by atoms with Gasteiger partial charge >= 0.3 is 18.1 Å². The Labute approximate surface area is 181 Å². The van der Waals surface area contributed by atoms with Gasteiger partial charge in [0.1, 0.15) is 12.1 Å². The summed E-state index contributed by atoms with van der Waals surface area (Å²) in [6.07, 6.45) is 5.49. The van der Waals surface area contributed by atoms with Gasteiger partial charge in [-0.2, -0.15) is 13.2 Å². The number of hydrogen-bond acceptors (Lipinski definition) is 5. The molecule has 2 atom stereocenters. The van der Waals surface area contributed by atoms with Crippen molar-refractivity contribution in [1.82, 2.24) is 5.32 Å². The summed E-state index contributed by atoms with van der Waals surface area (Å²) in [5.41, 5.74) is 0. The van der Waals surface area contributed by atoms with Gasteiger partial charge in [0.15, 0.2) is 0 Å². The van der Waals surface area contributed by atoms with Gasteiger partial charge in [0.05, 0.1) is 12.9 Å². The van der Waals surface area contributed by atoms with E-state index >= 15 is 0 Å². The zero-order valence-corrected chi connectivity index (χ0v) is 18.7. The molecule has 0 fully saturated rings. The summed E-state index contributed by atoms with van der Waals surface area (Å²) in [7, 11) is 1.03. The van der Waals surface area contributed by atoms with Gasteiger partial charge in [0, 0.05) is 5.75 Å². The number of hydrogen-bond donors (Lipinski definition) is 2. The lowest BCUT2D eigenvalue weighted by Gasteiger charge is -2.16. The van der Waals surface area contributed by atoms with E-state index in [1.165, 1.54) is 38.5 Å². The van der Waals surface area contributed by atoms with E-state index in [9.17, 15) is 27.9 Å². The van der Waals surface area contributed by atoms with Crippen molar-refractivity contribution >= 4 is 23.6 Å². The fourth-order valence-electron chi connectivity index (χ4n) is 2.66. The molecule has 30 heavy (non-hydrogen) atoms. The summed E-state index contributed by atoms with van der Waals surface area (Å²) < 4.78 is 41.4. The Balaban J connectivity index is 3.99. The largest absolute Gasteiger partial charge is 0.471 e. The molecular formula is C21H34F3NO4S. The Kier molecular flexibility index (Phi) is 16.5. The van der Waals surface area contributed by atoms with Crippen LogP contribution in [0, 0.1) is 11.8 Å². The van der Waals surface area contributed by atoms with Crippen LogP contribution in [-0.2, 0) is 14.3 Å². The maximum Gasteiger partial charge on any atom is 0.471 e. The lowest BCUT2D eigenvalue weighted by Crippen LogP contribution is -2.48. The minimum atomic E-state index is -5.07. The van der Waals surface area contributed by atoms with Crippen molar-refractivity contribution in [3.8, 4) is 11.8 Å². The lowest BCUT2D eigenvalue weighted by molar-refractivity contribution is -0.175. The van der Waals surface area contributed by atoms with Crippen molar-refractivity contribution in [2.75, 3.05) is 18.6 Å². The highest BCUT2D eigenvalue weighted by molar-refractivity contribution is 7.99. The van der Waals surface area contributed by atoms with Crippen LogP contribution < -0.4 is 5.32 Å². The number of amides is 1. The Morgan fingerprint density at radius 3 is 2.17 bits per heavy atom. The SMILES string of the molecule is CCCCCCCCCCCC(O)C#CCSCC(NC(=O)C(F)(F)F)C(=O)OC. The number of ether oxygens (including phenoxy) is 1. The van der Waals surface area contributed by atoms with Crippen molar-refractivity contribution in [1.29, 1.82) is 0 Å². The number of aliphatic hydroxyl groups is 1. The molecule has 174 valence electrons. The molecule has 0 heterocycles. The average molecular weight is 454 g/mol. The maximum absolute atomic E-state index is 12.3. The number of thioether (sulfide) groups is 1. The van der Waals surface area contributed by atoms with Crippen LogP contribution in [0.3, 0.4) is 0 Å². The van der Waals surface area contributed by atoms with E-state index in [4.69, 9.17) is 0 Å². The lowest BCUT2D eigenvalue weighted by atomic mass is 10.1. The Hall–Kier alpha value is -1.40. The zero-order valence-electron chi connectivity index (χ0n) is 17.9. The van der Waals surface area contributed by atoms with E-state index in [1.807, 2.05) is 0 Å². The molecule has 0 rings (SSSR count). The summed E-state index contributed by atoms with van der Waals surface area (Å²) in [5, 5.41) is 11.5. The molecule has 0 aliphatic carbocycles. The van der Waals surface area contributed by atoms with E-state index < -0.39 is 30.2 Å². The second kappa shape index (κ2) is 17.3. The van der Waals surface area contributed by atoms with Crippen LogP contribution >= 0.6 is 11.8 Å². The third-order valence-electron chi connectivity index (χ3n) is 4.36. The van der Waals surface area contributed by atoms with Gasteiger partial charge in [-0.3, -0.25) is 4.79 Å². The Morgan fingerprint density at radius 1 is 1.07 bits per heavy atom. The van der Waals surface area contributed by atoms with Crippen molar-refractivity contribution in [2.45, 2.75) is 89.5 Å². The highest BCUT2D eigenvalue weighted by Gasteiger charge is 2.40. The molecule has 2 N–H and O–H groups in total. The third kappa shape index (κ3) is 15.4. The van der Waals surface area contributed by atoms with Crippen LogP contribution in [0.2, 0.25) is 0 Å². The molecule has 0 aliphatic heterocycles. The van der Waals surface area contributed by atoms with Crippen molar-refractivity contribution in [2.24, 2.45) is 0 Å². The second-order valence-electron chi connectivity index (χ2n) is 7.02. The molecule has 0 saturated carbocycles. The fourth-order valence-corrected chi connectivity index (χ4v) is 3.42. The van der Waals surface area contributed by atoms with Crippen molar-refractivity contribution in [3.05, 3.63) is 0 Å². The van der Waals surface area contributed by atoms with Crippen LogP contribution in [0.1, 0.15) is 71.1 Å². The molecular weight excluding hydrogens is 419 g/mol. The number of esters is 1. The topological polar surface area (TPSA) is 75.6 Å². The zero-order chi connectivity index (χ0) is 22.8. The number of alkyl halides is 3. The van der Waals surface area contributed by atoms with Gasteiger partial charge in [-0.15, -0.1) is 11.8 Å². The molecule has 5 nitrogen and oxygen atoms in total. The highest BCUT2D eigenvalue weighted by atomic mass is 32.2. The maximum atomic E-state index is 12.3. The molecule has 0 bridgehead atoms. The van der Waals surface area contributed by atoms with Gasteiger partial charge in [-0.25, -0.2) is 4.79 Å². The smallest absolute Gasteiger partial charge is 0.467 e. The quantitative estimate of drug-likeness (QED) is 0.221. The van der Waals surface area contributed by atoms with E-state index in [0.717, 1.165) is 38.1 Å². The van der Waals surface area contributed by atoms with E-state index in [0.29, 0.717) is 6.42 Å². The molecule has 0 spiro atoms. The summed E-state index contributed by atoms with van der Waals surface area (Å²) in [4.78, 5) is 22.5. The number of carbonyl (C=O) groups is 2. The molecule has 0 aromatic heterocycles. The molecule has 2 unspecified atom stereocenters. The first kappa shape index (κ1) is 28.6. The van der Waals surface area contributed by atoms with E-state index in [2.05, 4.69) is 23.5 Å². The number of carbonyl (C=O) groups excluding carboxylic acids is 2. The predicted molar refractivity (Wildman–Crippen MR) is 113 cm³/mol. The number of nitrogens with one attached hydrogen (secondary N) is 1. The number of methoxy groups -OCH3 is 1. The second-order valence-corrected chi connectivity index (χ2v) is 8.05. The molecule has 0 saturated heterocycles. The van der Waals surface area contributed by atoms with E-state index in [1.54, 1.807) is 5.32 Å². The number of unbranched alkanes of at least 4 members (excludes halogenated alkanes) is 8. The highest BCUT2D eigenvalue weighted by Crippen LogP contribution is 2.15. The first-order valence-electron chi connectivity index (χ1n) is 10.4. The third-order valence-corrected chi connectivity index (χ3v) is 5.27. The normalized spacial score (nSPS) is 13.1.